The number of thioether (sulfide) groups is 1. The molecule has 154 valence electrons. The van der Waals surface area contributed by atoms with Gasteiger partial charge in [0.2, 0.25) is 0 Å². The lowest BCUT2D eigenvalue weighted by Gasteiger charge is -2.35. The summed E-state index contributed by atoms with van der Waals surface area (Å²) in [7, 11) is 0. The van der Waals surface area contributed by atoms with Crippen LogP contribution in [0, 0.1) is 23.1 Å². The van der Waals surface area contributed by atoms with Gasteiger partial charge in [0.1, 0.15) is 17.7 Å². The van der Waals surface area contributed by atoms with Crippen LogP contribution in [-0.2, 0) is 5.54 Å². The van der Waals surface area contributed by atoms with Crippen molar-refractivity contribution in [2.45, 2.75) is 29.9 Å². The number of aromatic nitrogens is 1. The normalized spacial score (nSPS) is 28.0. The van der Waals surface area contributed by atoms with Crippen molar-refractivity contribution in [3.05, 3.63) is 64.7 Å². The van der Waals surface area contributed by atoms with Crippen LogP contribution in [-0.4, -0.2) is 31.4 Å². The van der Waals surface area contributed by atoms with Crippen molar-refractivity contribution in [3.63, 3.8) is 0 Å². The van der Waals surface area contributed by atoms with Gasteiger partial charge < -0.3 is 15.9 Å². The van der Waals surface area contributed by atoms with E-state index in [9.17, 15) is 19.0 Å². The minimum Gasteiger partial charge on any atom is -0.378 e. The molecule has 1 fully saturated rings. The minimum atomic E-state index is -1.62. The predicted molar refractivity (Wildman–Crippen MR) is 110 cm³/mol. The third-order valence-corrected chi connectivity index (χ3v) is 7.01. The molecule has 30 heavy (non-hydrogen) atoms. The van der Waals surface area contributed by atoms with Crippen molar-refractivity contribution in [2.24, 2.45) is 16.6 Å². The molecule has 0 radical (unpaired) electrons. The summed E-state index contributed by atoms with van der Waals surface area (Å²) < 4.78 is 28.5. The maximum absolute atomic E-state index is 14.8. The second kappa shape index (κ2) is 7.16. The topological polar surface area (TPSA) is 116 Å². The van der Waals surface area contributed by atoms with Crippen LogP contribution < -0.4 is 5.73 Å². The zero-order chi connectivity index (χ0) is 21.7. The van der Waals surface area contributed by atoms with Crippen LogP contribution in [0.2, 0.25) is 0 Å². The molecule has 1 saturated carbocycles. The SMILES string of the molecule is C[C@]1(c2cc(/C=C(\F)c3ccc(C#N)cn3)ccc2F)N=C(N)S[C@@]2(C(O)O)C[C@@H]12. The molecule has 0 spiro atoms. The Morgan fingerprint density at radius 1 is 1.40 bits per heavy atom. The number of benzene rings is 1. The first-order valence-corrected chi connectivity index (χ1v) is 9.95. The monoisotopic (exact) mass is 428 g/mol. The van der Waals surface area contributed by atoms with Gasteiger partial charge in [0, 0.05) is 17.7 Å². The summed E-state index contributed by atoms with van der Waals surface area (Å²) in [4.78, 5) is 8.34. The van der Waals surface area contributed by atoms with Crippen LogP contribution in [0.15, 0.2) is 41.5 Å². The van der Waals surface area contributed by atoms with Crippen LogP contribution in [0.25, 0.3) is 11.9 Å². The number of aliphatic hydroxyl groups excluding tert-OH is 1. The van der Waals surface area contributed by atoms with Gasteiger partial charge in [-0.1, -0.05) is 17.8 Å². The molecule has 6 nitrogen and oxygen atoms in total. The van der Waals surface area contributed by atoms with Crippen molar-refractivity contribution in [3.8, 4) is 6.07 Å². The molecular weight excluding hydrogens is 410 g/mol. The maximum atomic E-state index is 14.8. The summed E-state index contributed by atoms with van der Waals surface area (Å²) in [5.41, 5.74) is 5.76. The molecule has 4 N–H and O–H groups in total. The van der Waals surface area contributed by atoms with Crippen molar-refractivity contribution in [1.29, 1.82) is 5.26 Å². The summed E-state index contributed by atoms with van der Waals surface area (Å²) in [5.74, 6) is -1.51. The van der Waals surface area contributed by atoms with E-state index in [-0.39, 0.29) is 22.3 Å². The van der Waals surface area contributed by atoms with Crippen molar-refractivity contribution >= 4 is 28.8 Å². The Hall–Kier alpha value is -2.80. The molecule has 9 heteroatoms. The highest BCUT2D eigenvalue weighted by atomic mass is 32.2. The Morgan fingerprint density at radius 2 is 2.17 bits per heavy atom. The fraction of sp³-hybridized carbons (Fsp3) is 0.286. The largest absolute Gasteiger partial charge is 0.378 e. The molecular formula is C21H18F2N4O2S. The number of rotatable bonds is 4. The summed E-state index contributed by atoms with van der Waals surface area (Å²) in [6.07, 6.45) is 1.28. The molecule has 0 amide bonds. The number of hydrogen-bond donors (Lipinski definition) is 3. The Kier molecular flexibility index (Phi) is 4.89. The lowest BCUT2D eigenvalue weighted by Crippen LogP contribution is -2.41. The van der Waals surface area contributed by atoms with E-state index in [1.165, 1.54) is 42.6 Å². The van der Waals surface area contributed by atoms with E-state index < -0.39 is 28.2 Å². The third kappa shape index (κ3) is 3.27. The third-order valence-electron chi connectivity index (χ3n) is 5.67. The number of halogens is 2. The Labute approximate surface area is 175 Å². The molecule has 1 aliphatic heterocycles. The van der Waals surface area contributed by atoms with Crippen LogP contribution in [0.3, 0.4) is 0 Å². The van der Waals surface area contributed by atoms with Crippen LogP contribution >= 0.6 is 11.8 Å². The first-order valence-electron chi connectivity index (χ1n) is 9.14. The van der Waals surface area contributed by atoms with Gasteiger partial charge in [0.05, 0.1) is 21.5 Å². The zero-order valence-electron chi connectivity index (χ0n) is 15.9. The smallest absolute Gasteiger partial charge is 0.167 e. The van der Waals surface area contributed by atoms with Gasteiger partial charge in [-0.15, -0.1) is 0 Å². The van der Waals surface area contributed by atoms with E-state index in [0.717, 1.165) is 11.8 Å². The summed E-state index contributed by atoms with van der Waals surface area (Å²) in [6.45, 7) is 1.69. The van der Waals surface area contributed by atoms with Crippen molar-refractivity contribution in [1.82, 2.24) is 4.98 Å². The van der Waals surface area contributed by atoms with Crippen LogP contribution in [0.5, 0.6) is 0 Å². The first kappa shape index (κ1) is 20.5. The Bertz CT molecular complexity index is 1110. The molecule has 0 unspecified atom stereocenters. The number of nitrogens with zero attached hydrogens (tertiary/aromatic N) is 3. The molecule has 1 aromatic heterocycles. The zero-order valence-corrected chi connectivity index (χ0v) is 16.7. The highest BCUT2D eigenvalue weighted by molar-refractivity contribution is 8.15. The number of hydrogen-bond acceptors (Lipinski definition) is 7. The number of nitriles is 1. The maximum Gasteiger partial charge on any atom is 0.167 e. The quantitative estimate of drug-likeness (QED) is 0.645. The van der Waals surface area contributed by atoms with E-state index in [1.54, 1.807) is 6.92 Å². The predicted octanol–water partition coefficient (Wildman–Crippen LogP) is 2.91. The minimum absolute atomic E-state index is 0.0482. The van der Waals surface area contributed by atoms with E-state index in [4.69, 9.17) is 11.0 Å². The molecule has 3 atom stereocenters. The molecule has 0 saturated heterocycles. The molecule has 4 rings (SSSR count). The molecule has 2 aliphatic rings. The molecule has 2 aromatic rings. The highest BCUT2D eigenvalue weighted by Crippen LogP contribution is 2.67. The van der Waals surface area contributed by atoms with Crippen LogP contribution in [0.4, 0.5) is 8.78 Å². The van der Waals surface area contributed by atoms with E-state index in [0.29, 0.717) is 17.5 Å². The van der Waals surface area contributed by atoms with Crippen LogP contribution in [0.1, 0.15) is 35.7 Å². The van der Waals surface area contributed by atoms with Gasteiger partial charge in [-0.3, -0.25) is 9.98 Å². The lowest BCUT2D eigenvalue weighted by molar-refractivity contribution is -0.0517. The van der Waals surface area contributed by atoms with Gasteiger partial charge in [-0.2, -0.15) is 5.26 Å². The van der Waals surface area contributed by atoms with Crippen molar-refractivity contribution in [2.75, 3.05) is 0 Å². The number of aliphatic hydroxyl groups is 2. The van der Waals surface area contributed by atoms with Crippen molar-refractivity contribution < 1.29 is 19.0 Å². The van der Waals surface area contributed by atoms with Gasteiger partial charge in [0.25, 0.3) is 0 Å². The molecule has 1 aliphatic carbocycles. The van der Waals surface area contributed by atoms with Gasteiger partial charge in [-0.05, 0) is 49.2 Å². The molecule has 0 bridgehead atoms. The fourth-order valence-corrected chi connectivity index (χ4v) is 5.35. The average Bonchev–Trinajstić information content (AvgIpc) is 3.46. The summed E-state index contributed by atoms with van der Waals surface area (Å²) in [5, 5.41) is 28.6. The fourth-order valence-electron chi connectivity index (χ4n) is 4.00. The Balaban J connectivity index is 1.72. The number of fused-ring (bicyclic) bond motifs is 1. The highest BCUT2D eigenvalue weighted by Gasteiger charge is 2.69. The average molecular weight is 428 g/mol. The molecule has 1 aromatic carbocycles. The second-order valence-corrected chi connectivity index (χ2v) is 8.94. The van der Waals surface area contributed by atoms with Gasteiger partial charge in [0.15, 0.2) is 11.5 Å². The van der Waals surface area contributed by atoms with E-state index in [2.05, 4.69) is 9.98 Å². The van der Waals surface area contributed by atoms with E-state index >= 15 is 0 Å². The lowest BCUT2D eigenvalue weighted by atomic mass is 9.84. The number of nitrogens with two attached hydrogens (primary N) is 1. The number of amidine groups is 1. The standard InChI is InChI=1S/C21H18F2N4O2S/c1-20(17-8-21(17,18(28)29)30-19(25)27-20)13-6-11(2-4-14(13)22)7-15(23)16-5-3-12(9-24)10-26-16/h2-7,10,17-18,28-29H,8H2,1H3,(H2,25,27)/b15-7-/t17-,20+,21-/m0/s1. The Morgan fingerprint density at radius 3 is 2.80 bits per heavy atom. The van der Waals surface area contributed by atoms with Gasteiger partial charge >= 0.3 is 0 Å². The number of pyridine rings is 1. The van der Waals surface area contributed by atoms with E-state index in [1.807, 2.05) is 6.07 Å². The molecule has 2 heterocycles. The van der Waals surface area contributed by atoms with Gasteiger partial charge in [-0.25, -0.2) is 8.78 Å². The number of aliphatic imine (C=N–C) groups is 1. The first-order chi connectivity index (χ1) is 14.2. The summed E-state index contributed by atoms with van der Waals surface area (Å²) in [6, 6.07) is 8.89. The second-order valence-electron chi connectivity index (χ2n) is 7.56. The summed E-state index contributed by atoms with van der Waals surface area (Å²) >= 11 is 1.09.